The van der Waals surface area contributed by atoms with Crippen LogP contribution in [0.5, 0.6) is 0 Å². The molecule has 0 bridgehead atoms. The van der Waals surface area contributed by atoms with E-state index in [0.717, 1.165) is 10.0 Å². The van der Waals surface area contributed by atoms with E-state index in [0.29, 0.717) is 25.9 Å². The van der Waals surface area contributed by atoms with Crippen molar-refractivity contribution in [3.05, 3.63) is 47.0 Å². The minimum Gasteiger partial charge on any atom is -0.387 e. The standard InChI is InChI=1S/C17H21BrN2O3/c1-2-16(22)20-9-7-12(8-10-20)17(23)19-11-15(21)13-5-3-4-6-14(13)18/h2-6,12,15,21H,1,7-11H2,(H,19,23). The quantitative estimate of drug-likeness (QED) is 0.767. The van der Waals surface area contributed by atoms with Crippen molar-refractivity contribution in [2.24, 2.45) is 5.92 Å². The van der Waals surface area contributed by atoms with Crippen molar-refractivity contribution in [3.63, 3.8) is 0 Å². The number of halogens is 1. The molecule has 0 aromatic heterocycles. The molecule has 0 radical (unpaired) electrons. The Morgan fingerprint density at radius 2 is 2.04 bits per heavy atom. The monoisotopic (exact) mass is 380 g/mol. The minimum absolute atomic E-state index is 0.0678. The summed E-state index contributed by atoms with van der Waals surface area (Å²) < 4.78 is 0.818. The van der Waals surface area contributed by atoms with Gasteiger partial charge in [0.25, 0.3) is 0 Å². The molecule has 0 aliphatic carbocycles. The lowest BCUT2D eigenvalue weighted by atomic mass is 9.95. The molecule has 2 rings (SSSR count). The molecular weight excluding hydrogens is 360 g/mol. The van der Waals surface area contributed by atoms with Gasteiger partial charge in [-0.3, -0.25) is 9.59 Å². The van der Waals surface area contributed by atoms with Crippen molar-refractivity contribution in [2.45, 2.75) is 18.9 Å². The SMILES string of the molecule is C=CC(=O)N1CCC(C(=O)NCC(O)c2ccccc2Br)CC1. The van der Waals surface area contributed by atoms with E-state index in [9.17, 15) is 14.7 Å². The van der Waals surface area contributed by atoms with Gasteiger partial charge in [-0.2, -0.15) is 0 Å². The van der Waals surface area contributed by atoms with Crippen molar-refractivity contribution < 1.29 is 14.7 Å². The summed E-state index contributed by atoms with van der Waals surface area (Å²) in [6.07, 6.45) is 1.82. The number of rotatable bonds is 5. The van der Waals surface area contributed by atoms with Crippen molar-refractivity contribution in [3.8, 4) is 0 Å². The summed E-state index contributed by atoms with van der Waals surface area (Å²) in [5.41, 5.74) is 0.749. The van der Waals surface area contributed by atoms with Gasteiger partial charge in [-0.1, -0.05) is 40.7 Å². The van der Waals surface area contributed by atoms with Crippen LogP contribution < -0.4 is 5.32 Å². The average Bonchev–Trinajstić information content (AvgIpc) is 2.59. The Bertz CT molecular complexity index is 583. The van der Waals surface area contributed by atoms with Crippen LogP contribution >= 0.6 is 15.9 Å². The van der Waals surface area contributed by atoms with Gasteiger partial charge in [-0.05, 0) is 30.5 Å². The molecule has 0 saturated carbocycles. The van der Waals surface area contributed by atoms with Crippen LogP contribution in [0, 0.1) is 5.92 Å². The number of amides is 2. The van der Waals surface area contributed by atoms with Gasteiger partial charge in [0.15, 0.2) is 0 Å². The van der Waals surface area contributed by atoms with Crippen LogP contribution in [0.4, 0.5) is 0 Å². The highest BCUT2D eigenvalue weighted by Crippen LogP contribution is 2.23. The predicted molar refractivity (Wildman–Crippen MR) is 91.6 cm³/mol. The molecule has 0 spiro atoms. The summed E-state index contributed by atoms with van der Waals surface area (Å²) in [6.45, 7) is 4.78. The first-order valence-corrected chi connectivity index (χ1v) is 8.43. The van der Waals surface area contributed by atoms with Gasteiger partial charge in [0.1, 0.15) is 0 Å². The van der Waals surface area contributed by atoms with Gasteiger partial charge in [-0.15, -0.1) is 0 Å². The molecule has 124 valence electrons. The zero-order chi connectivity index (χ0) is 16.8. The van der Waals surface area contributed by atoms with Crippen molar-refractivity contribution in [1.82, 2.24) is 10.2 Å². The minimum atomic E-state index is -0.753. The lowest BCUT2D eigenvalue weighted by Crippen LogP contribution is -2.43. The highest BCUT2D eigenvalue weighted by atomic mass is 79.9. The Morgan fingerprint density at radius 1 is 1.39 bits per heavy atom. The fourth-order valence-electron chi connectivity index (χ4n) is 2.69. The maximum Gasteiger partial charge on any atom is 0.245 e. The van der Waals surface area contributed by atoms with Gasteiger partial charge < -0.3 is 15.3 Å². The van der Waals surface area contributed by atoms with E-state index in [1.807, 2.05) is 24.3 Å². The third-order valence-corrected chi connectivity index (χ3v) is 4.81. The second kappa shape index (κ2) is 8.26. The maximum absolute atomic E-state index is 12.2. The number of aliphatic hydroxyl groups is 1. The summed E-state index contributed by atoms with van der Waals surface area (Å²) in [4.78, 5) is 25.4. The molecule has 1 saturated heterocycles. The van der Waals surface area contributed by atoms with Crippen LogP contribution in [0.1, 0.15) is 24.5 Å². The predicted octanol–water partition coefficient (Wildman–Crippen LogP) is 2.02. The Kier molecular flexibility index (Phi) is 6.36. The third kappa shape index (κ3) is 4.65. The highest BCUT2D eigenvalue weighted by Gasteiger charge is 2.26. The summed E-state index contributed by atoms with van der Waals surface area (Å²) in [5.74, 6) is -0.273. The number of nitrogens with zero attached hydrogens (tertiary/aromatic N) is 1. The largest absolute Gasteiger partial charge is 0.387 e. The number of benzene rings is 1. The Balaban J connectivity index is 1.81. The van der Waals surface area contributed by atoms with Gasteiger partial charge in [0, 0.05) is 30.0 Å². The normalized spacial score (nSPS) is 16.7. The number of piperidine rings is 1. The molecule has 1 aliphatic heterocycles. The van der Waals surface area contributed by atoms with Crippen LogP contribution in [0.2, 0.25) is 0 Å². The fraction of sp³-hybridized carbons (Fsp3) is 0.412. The van der Waals surface area contributed by atoms with E-state index in [-0.39, 0.29) is 24.3 Å². The van der Waals surface area contributed by atoms with E-state index in [2.05, 4.69) is 27.8 Å². The molecule has 1 fully saturated rings. The molecule has 1 unspecified atom stereocenters. The molecule has 1 heterocycles. The van der Waals surface area contributed by atoms with E-state index < -0.39 is 6.10 Å². The molecule has 23 heavy (non-hydrogen) atoms. The van der Waals surface area contributed by atoms with E-state index in [1.54, 1.807) is 4.90 Å². The molecule has 1 aromatic carbocycles. The summed E-state index contributed by atoms with van der Waals surface area (Å²) >= 11 is 3.39. The summed E-state index contributed by atoms with van der Waals surface area (Å²) in [5, 5.41) is 13.0. The topological polar surface area (TPSA) is 69.6 Å². The maximum atomic E-state index is 12.2. The molecule has 1 aromatic rings. The number of carbonyl (C=O) groups is 2. The van der Waals surface area contributed by atoms with Gasteiger partial charge in [0.05, 0.1) is 6.10 Å². The molecule has 2 N–H and O–H groups in total. The van der Waals surface area contributed by atoms with Gasteiger partial charge >= 0.3 is 0 Å². The van der Waals surface area contributed by atoms with Crippen molar-refractivity contribution in [2.75, 3.05) is 19.6 Å². The molecule has 1 atom stereocenters. The first kappa shape index (κ1) is 17.7. The lowest BCUT2D eigenvalue weighted by molar-refractivity contribution is -0.132. The Hall–Kier alpha value is -1.66. The second-order valence-electron chi connectivity index (χ2n) is 5.59. The average molecular weight is 381 g/mol. The van der Waals surface area contributed by atoms with Crippen molar-refractivity contribution in [1.29, 1.82) is 0 Å². The van der Waals surface area contributed by atoms with E-state index >= 15 is 0 Å². The molecule has 1 aliphatic rings. The zero-order valence-electron chi connectivity index (χ0n) is 12.9. The third-order valence-electron chi connectivity index (χ3n) is 4.09. The van der Waals surface area contributed by atoms with Crippen LogP contribution in [-0.4, -0.2) is 41.5 Å². The number of hydrogen-bond acceptors (Lipinski definition) is 3. The summed E-state index contributed by atoms with van der Waals surface area (Å²) in [7, 11) is 0. The highest BCUT2D eigenvalue weighted by molar-refractivity contribution is 9.10. The number of aliphatic hydroxyl groups excluding tert-OH is 1. The van der Waals surface area contributed by atoms with Gasteiger partial charge in [-0.25, -0.2) is 0 Å². The van der Waals surface area contributed by atoms with Crippen LogP contribution in [0.15, 0.2) is 41.4 Å². The first-order chi connectivity index (χ1) is 11.0. The first-order valence-electron chi connectivity index (χ1n) is 7.64. The zero-order valence-corrected chi connectivity index (χ0v) is 14.5. The van der Waals surface area contributed by atoms with Crippen LogP contribution in [0.25, 0.3) is 0 Å². The molecular formula is C17H21BrN2O3. The lowest BCUT2D eigenvalue weighted by Gasteiger charge is -2.30. The van der Waals surface area contributed by atoms with Gasteiger partial charge in [0.2, 0.25) is 11.8 Å². The summed E-state index contributed by atoms with van der Waals surface area (Å²) in [6, 6.07) is 7.39. The Labute approximate surface area is 144 Å². The van der Waals surface area contributed by atoms with Crippen LogP contribution in [-0.2, 0) is 9.59 Å². The van der Waals surface area contributed by atoms with Crippen LogP contribution in [0.3, 0.4) is 0 Å². The second-order valence-corrected chi connectivity index (χ2v) is 6.44. The Morgan fingerprint density at radius 3 is 2.65 bits per heavy atom. The van der Waals surface area contributed by atoms with E-state index in [4.69, 9.17) is 0 Å². The smallest absolute Gasteiger partial charge is 0.245 e. The van der Waals surface area contributed by atoms with E-state index in [1.165, 1.54) is 6.08 Å². The molecule has 6 heteroatoms. The number of hydrogen-bond donors (Lipinski definition) is 2. The van der Waals surface area contributed by atoms with Crippen molar-refractivity contribution >= 4 is 27.7 Å². The number of carbonyl (C=O) groups excluding carboxylic acids is 2. The number of nitrogens with one attached hydrogen (secondary N) is 1. The number of likely N-dealkylation sites (tertiary alicyclic amines) is 1. The molecule has 2 amide bonds. The molecule has 5 nitrogen and oxygen atoms in total. The fourth-order valence-corrected chi connectivity index (χ4v) is 3.24.